The molecule has 3 rings (SSSR count). The number of amides is 1. The lowest BCUT2D eigenvalue weighted by Gasteiger charge is -2.22. The summed E-state index contributed by atoms with van der Waals surface area (Å²) in [6, 6.07) is 13.2. The van der Waals surface area contributed by atoms with E-state index in [4.69, 9.17) is 14.5 Å². The van der Waals surface area contributed by atoms with Crippen LogP contribution in [0.5, 0.6) is 11.5 Å². The van der Waals surface area contributed by atoms with Crippen LogP contribution in [-0.4, -0.2) is 56.7 Å². The summed E-state index contributed by atoms with van der Waals surface area (Å²) in [5.74, 6) is 1.19. The molecule has 0 N–H and O–H groups in total. The van der Waals surface area contributed by atoms with E-state index in [1.807, 2.05) is 51.4 Å². The van der Waals surface area contributed by atoms with Crippen LogP contribution in [0.15, 0.2) is 42.5 Å². The first kappa shape index (κ1) is 23.9. The minimum Gasteiger partial charge on any atom is -0.496 e. The average Bonchev–Trinajstić information content (AvgIpc) is 3.15. The molecular formula is C22H28ClN3O3S. The Hall–Kier alpha value is -2.35. The first-order valence-corrected chi connectivity index (χ1v) is 10.5. The Balaban J connectivity index is 0.00000320. The lowest BCUT2D eigenvalue weighted by atomic mass is 10.1. The SMILES string of the molecule is CCOc1cccc2sc(N(CCCN(C)C)C(=O)c3ccccc3OC)nc12.Cl. The van der Waals surface area contributed by atoms with E-state index >= 15 is 0 Å². The fourth-order valence-corrected chi connectivity index (χ4v) is 4.10. The third-order valence-corrected chi connectivity index (χ3v) is 5.51. The van der Waals surface area contributed by atoms with Gasteiger partial charge in [-0.2, -0.15) is 0 Å². The highest BCUT2D eigenvalue weighted by atomic mass is 35.5. The quantitative estimate of drug-likeness (QED) is 0.473. The van der Waals surface area contributed by atoms with E-state index in [1.54, 1.807) is 24.1 Å². The molecule has 0 atom stereocenters. The average molecular weight is 450 g/mol. The number of fused-ring (bicyclic) bond motifs is 1. The summed E-state index contributed by atoms with van der Waals surface area (Å²) in [5, 5.41) is 0.668. The van der Waals surface area contributed by atoms with Gasteiger partial charge < -0.3 is 14.4 Å². The van der Waals surface area contributed by atoms with E-state index in [9.17, 15) is 4.79 Å². The fourth-order valence-electron chi connectivity index (χ4n) is 3.09. The Labute approximate surface area is 187 Å². The van der Waals surface area contributed by atoms with Crippen LogP contribution in [0.25, 0.3) is 10.2 Å². The number of methoxy groups -OCH3 is 1. The van der Waals surface area contributed by atoms with Gasteiger partial charge in [0.2, 0.25) is 0 Å². The molecule has 3 aromatic rings. The summed E-state index contributed by atoms with van der Waals surface area (Å²) in [4.78, 5) is 22.1. The number of aromatic nitrogens is 1. The number of nitrogens with zero attached hydrogens (tertiary/aromatic N) is 3. The molecule has 0 aliphatic rings. The Morgan fingerprint density at radius 2 is 1.80 bits per heavy atom. The zero-order chi connectivity index (χ0) is 20.8. The normalized spacial score (nSPS) is 10.7. The molecule has 0 aliphatic heterocycles. The Bertz CT molecular complexity index is 977. The number of carbonyl (C=O) groups excluding carboxylic acids is 1. The van der Waals surface area contributed by atoms with Crippen LogP contribution >= 0.6 is 23.7 Å². The van der Waals surface area contributed by atoms with E-state index in [-0.39, 0.29) is 18.3 Å². The van der Waals surface area contributed by atoms with Crippen molar-refractivity contribution in [3.05, 3.63) is 48.0 Å². The van der Waals surface area contributed by atoms with Crippen molar-refractivity contribution in [1.29, 1.82) is 0 Å². The van der Waals surface area contributed by atoms with Crippen molar-refractivity contribution in [2.75, 3.05) is 45.8 Å². The molecule has 0 unspecified atom stereocenters. The lowest BCUT2D eigenvalue weighted by molar-refractivity contribution is 0.0983. The van der Waals surface area contributed by atoms with Gasteiger partial charge in [0, 0.05) is 6.54 Å². The van der Waals surface area contributed by atoms with Gasteiger partial charge in [-0.05, 0) is 58.3 Å². The Morgan fingerprint density at radius 3 is 2.50 bits per heavy atom. The monoisotopic (exact) mass is 449 g/mol. The van der Waals surface area contributed by atoms with Gasteiger partial charge in [0.15, 0.2) is 5.13 Å². The van der Waals surface area contributed by atoms with Crippen LogP contribution in [0.3, 0.4) is 0 Å². The van der Waals surface area contributed by atoms with Crippen molar-refractivity contribution in [1.82, 2.24) is 9.88 Å². The van der Waals surface area contributed by atoms with E-state index in [1.165, 1.54) is 11.3 Å². The number of rotatable bonds is 9. The van der Waals surface area contributed by atoms with Gasteiger partial charge in [-0.25, -0.2) is 4.98 Å². The highest BCUT2D eigenvalue weighted by Crippen LogP contribution is 2.35. The minimum atomic E-state index is -0.113. The number of thiazole rings is 1. The predicted molar refractivity (Wildman–Crippen MR) is 126 cm³/mol. The molecule has 1 amide bonds. The van der Waals surface area contributed by atoms with Crippen molar-refractivity contribution in [3.63, 3.8) is 0 Å². The number of carbonyl (C=O) groups is 1. The molecule has 1 aromatic heterocycles. The van der Waals surface area contributed by atoms with Gasteiger partial charge in [0.1, 0.15) is 17.0 Å². The number of hydrogen-bond acceptors (Lipinski definition) is 6. The Morgan fingerprint density at radius 1 is 1.07 bits per heavy atom. The molecule has 30 heavy (non-hydrogen) atoms. The predicted octanol–water partition coefficient (Wildman–Crippen LogP) is 4.72. The zero-order valence-electron chi connectivity index (χ0n) is 17.8. The topological polar surface area (TPSA) is 54.9 Å². The molecule has 0 fully saturated rings. The second-order valence-electron chi connectivity index (χ2n) is 6.85. The first-order chi connectivity index (χ1) is 14.0. The highest BCUT2D eigenvalue weighted by molar-refractivity contribution is 7.22. The largest absolute Gasteiger partial charge is 0.496 e. The van der Waals surface area contributed by atoms with Crippen molar-refractivity contribution >= 4 is 45.0 Å². The number of benzene rings is 2. The number of halogens is 1. The van der Waals surface area contributed by atoms with Gasteiger partial charge in [0.25, 0.3) is 5.91 Å². The van der Waals surface area contributed by atoms with Gasteiger partial charge in [-0.3, -0.25) is 9.69 Å². The first-order valence-electron chi connectivity index (χ1n) is 9.67. The van der Waals surface area contributed by atoms with Gasteiger partial charge in [-0.15, -0.1) is 12.4 Å². The summed E-state index contributed by atoms with van der Waals surface area (Å²) >= 11 is 1.50. The summed E-state index contributed by atoms with van der Waals surface area (Å²) in [6.45, 7) is 3.97. The molecule has 1 heterocycles. The second kappa shape index (κ2) is 11.2. The van der Waals surface area contributed by atoms with Crippen LogP contribution in [0.2, 0.25) is 0 Å². The summed E-state index contributed by atoms with van der Waals surface area (Å²) in [5.41, 5.74) is 1.32. The molecule has 6 nitrogen and oxygen atoms in total. The van der Waals surface area contributed by atoms with E-state index in [0.717, 1.165) is 28.9 Å². The maximum Gasteiger partial charge on any atom is 0.263 e. The van der Waals surface area contributed by atoms with Crippen LogP contribution in [0.1, 0.15) is 23.7 Å². The molecular weight excluding hydrogens is 422 g/mol. The summed E-state index contributed by atoms with van der Waals surface area (Å²) in [7, 11) is 5.63. The zero-order valence-corrected chi connectivity index (χ0v) is 19.4. The Kier molecular flexibility index (Phi) is 8.89. The molecule has 0 radical (unpaired) electrons. The highest BCUT2D eigenvalue weighted by Gasteiger charge is 2.24. The molecule has 8 heteroatoms. The van der Waals surface area contributed by atoms with Gasteiger partial charge in [0.05, 0.1) is 24.0 Å². The van der Waals surface area contributed by atoms with Gasteiger partial charge >= 0.3 is 0 Å². The number of para-hydroxylation sites is 2. The lowest BCUT2D eigenvalue weighted by Crippen LogP contribution is -2.33. The molecule has 0 aliphatic carbocycles. The maximum absolute atomic E-state index is 13.5. The van der Waals surface area contributed by atoms with E-state index in [0.29, 0.717) is 29.6 Å². The second-order valence-corrected chi connectivity index (χ2v) is 7.86. The molecule has 0 saturated heterocycles. The number of ether oxygens (including phenoxy) is 2. The third-order valence-electron chi connectivity index (χ3n) is 4.47. The van der Waals surface area contributed by atoms with Crippen LogP contribution in [0.4, 0.5) is 5.13 Å². The van der Waals surface area contributed by atoms with Crippen molar-refractivity contribution in [3.8, 4) is 11.5 Å². The molecule has 2 aromatic carbocycles. The number of hydrogen-bond donors (Lipinski definition) is 0. The van der Waals surface area contributed by atoms with Gasteiger partial charge in [-0.1, -0.05) is 29.5 Å². The molecule has 0 spiro atoms. The molecule has 162 valence electrons. The van der Waals surface area contributed by atoms with Crippen molar-refractivity contribution < 1.29 is 14.3 Å². The summed E-state index contributed by atoms with van der Waals surface area (Å²) in [6.07, 6.45) is 0.835. The smallest absolute Gasteiger partial charge is 0.263 e. The third kappa shape index (κ3) is 5.41. The molecule has 0 bridgehead atoms. The van der Waals surface area contributed by atoms with Crippen molar-refractivity contribution in [2.45, 2.75) is 13.3 Å². The van der Waals surface area contributed by atoms with Crippen molar-refractivity contribution in [2.24, 2.45) is 0 Å². The minimum absolute atomic E-state index is 0. The van der Waals surface area contributed by atoms with Crippen LogP contribution in [0, 0.1) is 0 Å². The van der Waals surface area contributed by atoms with E-state index in [2.05, 4.69) is 4.90 Å². The summed E-state index contributed by atoms with van der Waals surface area (Å²) < 4.78 is 12.1. The van der Waals surface area contributed by atoms with Crippen LogP contribution in [-0.2, 0) is 0 Å². The number of anilines is 1. The fraction of sp³-hybridized carbons (Fsp3) is 0.364. The van der Waals surface area contributed by atoms with E-state index < -0.39 is 0 Å². The maximum atomic E-state index is 13.5. The van der Waals surface area contributed by atoms with Crippen LogP contribution < -0.4 is 14.4 Å². The molecule has 0 saturated carbocycles. The standard InChI is InChI=1S/C22H27N3O3S.ClH/c1-5-28-18-12-8-13-19-20(18)23-22(29-19)25(15-9-14-24(2)3)21(26)16-10-6-7-11-17(16)27-4;/h6-8,10-13H,5,9,14-15H2,1-4H3;1H.